The number of carbonyl (C=O) groups excluding carboxylic acids is 4. The summed E-state index contributed by atoms with van der Waals surface area (Å²) < 4.78 is 20.4. The second kappa shape index (κ2) is 11.1. The van der Waals surface area contributed by atoms with Gasteiger partial charge < -0.3 is 29.3 Å². The van der Waals surface area contributed by atoms with E-state index >= 15 is 0 Å². The van der Waals surface area contributed by atoms with Crippen molar-refractivity contribution in [3.05, 3.63) is 60.2 Å². The SMILES string of the molecule is COC(=O)[C@@H]1O[B-]2([C@H](CC(C)C)NC(=O)[C@H](Cc3ccccc3)NC(=O)c3cnccn3)OC(=O)[C@H]1[OH+]2. The first-order chi connectivity index (χ1) is 17.7. The molecule has 2 bridgehead atoms. The zero-order valence-corrected chi connectivity index (χ0v) is 20.7. The summed E-state index contributed by atoms with van der Waals surface area (Å²) in [7, 11) is 1.18. The lowest BCUT2D eigenvalue weighted by Gasteiger charge is -2.35. The van der Waals surface area contributed by atoms with Gasteiger partial charge in [0.25, 0.3) is 5.91 Å². The summed E-state index contributed by atoms with van der Waals surface area (Å²) in [5.41, 5.74) is 0.864. The number of esters is 1. The molecule has 0 aliphatic carbocycles. The van der Waals surface area contributed by atoms with Crippen LogP contribution in [0, 0.1) is 5.92 Å². The number of ether oxygens (including phenoxy) is 1. The highest BCUT2D eigenvalue weighted by molar-refractivity contribution is 6.66. The fourth-order valence-corrected chi connectivity index (χ4v) is 4.52. The molecule has 1 unspecified atom stereocenters. The fraction of sp³-hybridized carbons (Fsp3) is 0.417. The smallest absolute Gasteiger partial charge is 0.607 e. The molecule has 3 heterocycles. The van der Waals surface area contributed by atoms with Crippen LogP contribution < -0.4 is 10.6 Å². The Kier molecular flexibility index (Phi) is 7.84. The van der Waals surface area contributed by atoms with E-state index < -0.39 is 54.7 Å². The van der Waals surface area contributed by atoms with Crippen LogP contribution in [-0.2, 0) is 34.9 Å². The van der Waals surface area contributed by atoms with Crippen molar-refractivity contribution >= 4 is 30.5 Å². The molecule has 0 saturated carbocycles. The van der Waals surface area contributed by atoms with Gasteiger partial charge in [0, 0.05) is 18.8 Å². The number of rotatable bonds is 10. The first-order valence-electron chi connectivity index (χ1n) is 12.0. The van der Waals surface area contributed by atoms with Crippen molar-refractivity contribution in [1.29, 1.82) is 0 Å². The van der Waals surface area contributed by atoms with Gasteiger partial charge in [-0.3, -0.25) is 14.6 Å². The fourth-order valence-electron chi connectivity index (χ4n) is 4.52. The molecule has 2 saturated heterocycles. The van der Waals surface area contributed by atoms with E-state index in [0.29, 0.717) is 6.42 Å². The summed E-state index contributed by atoms with van der Waals surface area (Å²) in [6.07, 6.45) is 2.23. The minimum Gasteiger partial charge on any atom is -0.607 e. The minimum absolute atomic E-state index is 0.0389. The maximum Gasteiger partial charge on any atom is 0.648 e. The average molecular weight is 512 g/mol. The lowest BCUT2D eigenvalue weighted by atomic mass is 9.65. The van der Waals surface area contributed by atoms with Crippen LogP contribution in [0.4, 0.5) is 0 Å². The summed E-state index contributed by atoms with van der Waals surface area (Å²) in [6, 6.07) is 8.16. The molecule has 4 rings (SSSR count). The van der Waals surface area contributed by atoms with Crippen LogP contribution in [0.3, 0.4) is 0 Å². The molecule has 2 aromatic rings. The van der Waals surface area contributed by atoms with Gasteiger partial charge in [-0.05, 0) is 17.9 Å². The maximum absolute atomic E-state index is 13.6. The molecule has 5 atom stereocenters. The molecule has 2 amide bonds. The van der Waals surface area contributed by atoms with Crippen LogP contribution in [0.1, 0.15) is 36.3 Å². The van der Waals surface area contributed by atoms with Gasteiger partial charge in [-0.1, -0.05) is 44.2 Å². The molecule has 0 spiro atoms. The maximum atomic E-state index is 13.6. The van der Waals surface area contributed by atoms with Gasteiger partial charge in [0.15, 0.2) is 0 Å². The summed E-state index contributed by atoms with van der Waals surface area (Å²) in [6.45, 7) is 1.13. The highest BCUT2D eigenvalue weighted by Gasteiger charge is 2.70. The van der Waals surface area contributed by atoms with E-state index in [0.717, 1.165) is 5.56 Å². The molecule has 2 aliphatic rings. The van der Waals surface area contributed by atoms with Crippen LogP contribution in [0.2, 0.25) is 0 Å². The molecule has 3 N–H and O–H groups in total. The number of aromatic nitrogens is 2. The molecule has 1 aromatic carbocycles. The first kappa shape index (κ1) is 26.2. The zero-order chi connectivity index (χ0) is 26.6. The van der Waals surface area contributed by atoms with Gasteiger partial charge in [-0.2, -0.15) is 0 Å². The van der Waals surface area contributed by atoms with E-state index in [2.05, 4.69) is 25.3 Å². The highest BCUT2D eigenvalue weighted by Crippen LogP contribution is 2.36. The van der Waals surface area contributed by atoms with Gasteiger partial charge in [-0.25, -0.2) is 14.6 Å². The number of nitrogens with one attached hydrogen (secondary N) is 2. The monoisotopic (exact) mass is 512 g/mol. The average Bonchev–Trinajstić information content (AvgIpc) is 3.44. The Bertz CT molecular complexity index is 1150. The van der Waals surface area contributed by atoms with Gasteiger partial charge in [-0.15, -0.1) is 0 Å². The highest BCUT2D eigenvalue weighted by atomic mass is 16.8. The van der Waals surface area contributed by atoms with Crippen molar-refractivity contribution in [2.24, 2.45) is 5.92 Å². The van der Waals surface area contributed by atoms with E-state index in [4.69, 9.17) is 14.0 Å². The third-order valence-electron chi connectivity index (χ3n) is 6.22. The molecular formula is C24H29BN4O8. The van der Waals surface area contributed by atoms with Gasteiger partial charge in [0.2, 0.25) is 18.1 Å². The first-order valence-corrected chi connectivity index (χ1v) is 12.0. The van der Waals surface area contributed by atoms with Crippen LogP contribution in [0.5, 0.6) is 0 Å². The van der Waals surface area contributed by atoms with Crippen molar-refractivity contribution in [3.63, 3.8) is 0 Å². The Morgan fingerprint density at radius 2 is 1.92 bits per heavy atom. The van der Waals surface area contributed by atoms with Gasteiger partial charge >= 0.3 is 18.7 Å². The van der Waals surface area contributed by atoms with Crippen molar-refractivity contribution in [2.45, 2.75) is 50.9 Å². The molecular weight excluding hydrogens is 483 g/mol. The molecule has 2 fully saturated rings. The second-order valence-electron chi connectivity index (χ2n) is 9.39. The van der Waals surface area contributed by atoms with Crippen molar-refractivity contribution < 1.29 is 37.9 Å². The summed E-state index contributed by atoms with van der Waals surface area (Å²) in [5, 5.41) is 5.59. The largest absolute Gasteiger partial charge is 0.648 e. The molecule has 2 aliphatic heterocycles. The number of benzene rings is 1. The molecule has 0 radical (unpaired) electrons. The van der Waals surface area contributed by atoms with E-state index in [1.54, 1.807) is 0 Å². The molecule has 1 aromatic heterocycles. The zero-order valence-electron chi connectivity index (χ0n) is 20.7. The topological polar surface area (TPSA) is 159 Å². The lowest BCUT2D eigenvalue weighted by Crippen LogP contribution is -2.64. The van der Waals surface area contributed by atoms with Crippen LogP contribution in [0.25, 0.3) is 0 Å². The minimum atomic E-state index is -2.71. The lowest BCUT2D eigenvalue weighted by molar-refractivity contribution is -0.161. The number of nitrogens with zero attached hydrogens (tertiary/aromatic N) is 2. The van der Waals surface area contributed by atoms with Gasteiger partial charge in [0.1, 0.15) is 11.7 Å². The number of hydrogen-bond donors (Lipinski definition) is 2. The van der Waals surface area contributed by atoms with E-state index in [9.17, 15) is 19.2 Å². The summed E-state index contributed by atoms with van der Waals surface area (Å²) in [5.74, 6) is -3.40. The number of fused-ring (bicyclic) bond motifs is 2. The number of carbonyl (C=O) groups is 4. The van der Waals surface area contributed by atoms with E-state index in [1.807, 2.05) is 44.2 Å². The predicted octanol–water partition coefficient (Wildman–Crippen LogP) is -0.148. The Morgan fingerprint density at radius 3 is 2.57 bits per heavy atom. The van der Waals surface area contributed by atoms with Crippen molar-refractivity contribution in [1.82, 2.24) is 20.6 Å². The Morgan fingerprint density at radius 1 is 1.16 bits per heavy atom. The third-order valence-corrected chi connectivity index (χ3v) is 6.22. The Hall–Kier alpha value is -3.84. The van der Waals surface area contributed by atoms with E-state index in [-0.39, 0.29) is 18.0 Å². The number of hydrogen-bond acceptors (Lipinski definition) is 9. The number of methoxy groups -OCH3 is 1. The third kappa shape index (κ3) is 5.78. The normalized spacial score (nSPS) is 23.7. The molecule has 37 heavy (non-hydrogen) atoms. The Balaban J connectivity index is 1.58. The summed E-state index contributed by atoms with van der Waals surface area (Å²) in [4.78, 5) is 59.0. The van der Waals surface area contributed by atoms with E-state index in [1.165, 1.54) is 25.7 Å². The van der Waals surface area contributed by atoms with Crippen LogP contribution >= 0.6 is 0 Å². The molecule has 12 nitrogen and oxygen atoms in total. The quantitative estimate of drug-likeness (QED) is 0.251. The van der Waals surface area contributed by atoms with Crippen molar-refractivity contribution in [2.75, 3.05) is 7.11 Å². The standard InChI is InChI=1S/C24H29BN4O8/c1-14(2)11-18(25-35-19(23(32)34-3)20(36-25)24(33)37-25)29-21(30)16(12-15-7-5-4-6-8-15)28-22(31)17-13-26-9-10-27-17/h4-10,13-14,16,18-20,36H,11-12H2,1-3H3,(H,28,31)(H,29,30)/t16-,18-,19+,20-,25?/m0/s1. The van der Waals surface area contributed by atoms with Crippen molar-refractivity contribution in [3.8, 4) is 0 Å². The number of aliphatic hydroxyl groups is 1. The van der Waals surface area contributed by atoms with Gasteiger partial charge in [0.05, 0.1) is 19.2 Å². The van der Waals surface area contributed by atoms with Crippen LogP contribution in [-0.4, -0.2) is 76.4 Å². The molecule has 13 heteroatoms. The molecule has 196 valence electrons. The summed E-state index contributed by atoms with van der Waals surface area (Å²) >= 11 is 0. The number of amides is 2. The predicted molar refractivity (Wildman–Crippen MR) is 130 cm³/mol. The Labute approximate surface area is 213 Å². The second-order valence-corrected chi connectivity index (χ2v) is 9.39. The van der Waals surface area contributed by atoms with Crippen LogP contribution in [0.15, 0.2) is 48.9 Å².